The van der Waals surface area contributed by atoms with Crippen LogP contribution in [0.3, 0.4) is 0 Å². The lowest BCUT2D eigenvalue weighted by Gasteiger charge is -2.05. The Morgan fingerprint density at radius 3 is 1.97 bits per heavy atom. The molecule has 5 heteroatoms. The number of nitrogens with one attached hydrogen (secondary N) is 1. The van der Waals surface area contributed by atoms with Gasteiger partial charge in [-0.1, -0.05) is 67.7 Å². The highest BCUT2D eigenvalue weighted by Gasteiger charge is 2.08. The van der Waals surface area contributed by atoms with Gasteiger partial charge in [-0.25, -0.2) is 0 Å². The fourth-order valence-electron chi connectivity index (χ4n) is 3.40. The number of carbonyl (C=O) groups excluding carboxylic acids is 3. The maximum absolute atomic E-state index is 12.0. The van der Waals surface area contributed by atoms with E-state index in [-0.39, 0.29) is 30.3 Å². The van der Waals surface area contributed by atoms with Crippen LogP contribution in [-0.2, 0) is 9.59 Å². The molecule has 1 heterocycles. The van der Waals surface area contributed by atoms with Crippen LogP contribution in [0.1, 0.15) is 94.3 Å². The molecule has 0 saturated heterocycles. The van der Waals surface area contributed by atoms with Crippen molar-refractivity contribution in [2.45, 2.75) is 84.0 Å². The molecule has 0 aliphatic carbocycles. The van der Waals surface area contributed by atoms with Gasteiger partial charge in [0.25, 0.3) is 0 Å². The van der Waals surface area contributed by atoms with Gasteiger partial charge in [0.1, 0.15) is 5.78 Å². The first-order valence-electron chi connectivity index (χ1n) is 13.6. The predicted octanol–water partition coefficient (Wildman–Crippen LogP) is 7.43. The smallest absolute Gasteiger partial charge is 0.220 e. The molecule has 1 aromatic rings. The Balaban J connectivity index is 1.97. The summed E-state index contributed by atoms with van der Waals surface area (Å²) in [5, 5.41) is 2.78. The lowest BCUT2D eigenvalue weighted by atomic mass is 10.1. The predicted molar refractivity (Wildman–Crippen MR) is 153 cm³/mol. The molecule has 0 bridgehead atoms. The number of ketones is 2. The van der Waals surface area contributed by atoms with Crippen molar-refractivity contribution in [1.29, 1.82) is 0 Å². The molecule has 0 aliphatic heterocycles. The lowest BCUT2D eigenvalue weighted by Crippen LogP contribution is -2.25. The number of aromatic nitrogens is 1. The molecule has 0 radical (unpaired) electrons. The van der Waals surface area contributed by atoms with E-state index in [1.165, 1.54) is 0 Å². The first-order chi connectivity index (χ1) is 18.1. The second kappa shape index (κ2) is 23.1. The van der Waals surface area contributed by atoms with E-state index in [4.69, 9.17) is 0 Å². The minimum atomic E-state index is -0.139. The third-order valence-corrected chi connectivity index (χ3v) is 5.50. The Morgan fingerprint density at radius 1 is 0.757 bits per heavy atom. The molecule has 5 nitrogen and oxygen atoms in total. The normalized spacial score (nSPS) is 12.0. The molecule has 0 unspecified atom stereocenters. The molecule has 0 saturated carbocycles. The van der Waals surface area contributed by atoms with Gasteiger partial charge < -0.3 is 5.32 Å². The second-order valence-corrected chi connectivity index (χ2v) is 8.76. The molecule has 1 rings (SSSR count). The van der Waals surface area contributed by atoms with Crippen molar-refractivity contribution in [2.24, 2.45) is 0 Å². The summed E-state index contributed by atoms with van der Waals surface area (Å²) in [4.78, 5) is 39.8. The first kappa shape index (κ1) is 31.7. The van der Waals surface area contributed by atoms with E-state index in [2.05, 4.69) is 78.0 Å². The monoisotopic (exact) mass is 504 g/mol. The van der Waals surface area contributed by atoms with Crippen LogP contribution in [-0.4, -0.2) is 29.0 Å². The van der Waals surface area contributed by atoms with E-state index in [9.17, 15) is 14.4 Å². The number of pyridine rings is 1. The van der Waals surface area contributed by atoms with Crippen molar-refractivity contribution in [2.75, 3.05) is 6.54 Å². The van der Waals surface area contributed by atoms with Crippen molar-refractivity contribution >= 4 is 17.5 Å². The molecule has 0 aliphatic rings. The largest absolute Gasteiger partial charge is 0.356 e. The summed E-state index contributed by atoms with van der Waals surface area (Å²) in [7, 11) is 0. The molecule has 0 fully saturated rings. The Labute approximate surface area is 223 Å². The number of carbonyl (C=O) groups is 3. The summed E-state index contributed by atoms with van der Waals surface area (Å²) in [6.07, 6.45) is 33.4. The van der Waals surface area contributed by atoms with E-state index in [0.29, 0.717) is 31.4 Å². The van der Waals surface area contributed by atoms with Gasteiger partial charge in [0, 0.05) is 50.2 Å². The Morgan fingerprint density at radius 2 is 1.38 bits per heavy atom. The third-order valence-electron chi connectivity index (χ3n) is 5.50. The number of rotatable bonds is 21. The topological polar surface area (TPSA) is 76.1 Å². The maximum atomic E-state index is 12.0. The van der Waals surface area contributed by atoms with Gasteiger partial charge in [-0.15, -0.1) is 0 Å². The lowest BCUT2D eigenvalue weighted by molar-refractivity contribution is -0.125. The quantitative estimate of drug-likeness (QED) is 0.107. The summed E-state index contributed by atoms with van der Waals surface area (Å²) in [6, 6.07) is 3.47. The number of allylic oxidation sites excluding steroid dienone is 10. The molecule has 1 aromatic heterocycles. The van der Waals surface area contributed by atoms with Gasteiger partial charge in [-0.2, -0.15) is 0 Å². The summed E-state index contributed by atoms with van der Waals surface area (Å²) in [6.45, 7) is 2.58. The van der Waals surface area contributed by atoms with E-state index in [1.807, 2.05) is 0 Å². The van der Waals surface area contributed by atoms with Gasteiger partial charge in [0.15, 0.2) is 5.78 Å². The highest BCUT2D eigenvalue weighted by Crippen LogP contribution is 2.05. The fourth-order valence-corrected chi connectivity index (χ4v) is 3.40. The molecule has 0 aromatic carbocycles. The van der Waals surface area contributed by atoms with Crippen molar-refractivity contribution in [3.8, 4) is 0 Å². The van der Waals surface area contributed by atoms with Crippen LogP contribution in [0.5, 0.6) is 0 Å². The Bertz CT molecular complexity index is 911. The molecule has 37 heavy (non-hydrogen) atoms. The molecule has 0 spiro atoms. The van der Waals surface area contributed by atoms with Crippen LogP contribution in [0, 0.1) is 0 Å². The van der Waals surface area contributed by atoms with Crippen LogP contribution in [0.2, 0.25) is 0 Å². The van der Waals surface area contributed by atoms with Crippen LogP contribution in [0.4, 0.5) is 0 Å². The molecule has 1 N–H and O–H groups in total. The van der Waals surface area contributed by atoms with E-state index in [0.717, 1.165) is 44.9 Å². The summed E-state index contributed by atoms with van der Waals surface area (Å²) in [5.41, 5.74) is 0.587. The van der Waals surface area contributed by atoms with E-state index >= 15 is 0 Å². The fraction of sp³-hybridized carbons (Fsp3) is 0.438. The Kier molecular flexibility index (Phi) is 19.8. The summed E-state index contributed by atoms with van der Waals surface area (Å²) >= 11 is 0. The van der Waals surface area contributed by atoms with Crippen molar-refractivity contribution in [1.82, 2.24) is 10.3 Å². The first-order valence-corrected chi connectivity index (χ1v) is 13.6. The third kappa shape index (κ3) is 19.5. The van der Waals surface area contributed by atoms with Gasteiger partial charge >= 0.3 is 0 Å². The minimum Gasteiger partial charge on any atom is -0.356 e. The van der Waals surface area contributed by atoms with Crippen LogP contribution < -0.4 is 5.32 Å². The zero-order valence-corrected chi connectivity index (χ0v) is 22.4. The van der Waals surface area contributed by atoms with E-state index in [1.54, 1.807) is 24.5 Å². The SMILES string of the molecule is CC/C=C\C/C=C\C/C=C\C/C=C\C/C=C\CCCC(=O)CCC(=O)NCCCC(=O)c1cccnc1. The van der Waals surface area contributed by atoms with Gasteiger partial charge in [0.2, 0.25) is 5.91 Å². The van der Waals surface area contributed by atoms with Gasteiger partial charge in [0.05, 0.1) is 0 Å². The molecule has 1 amide bonds. The zero-order valence-electron chi connectivity index (χ0n) is 22.4. The van der Waals surface area contributed by atoms with Crippen LogP contribution in [0.15, 0.2) is 85.3 Å². The van der Waals surface area contributed by atoms with Gasteiger partial charge in [-0.3, -0.25) is 19.4 Å². The standard InChI is InChI=1S/C32H44N2O3/c1-2-3-4-5-6-7-8-9-10-11-12-13-14-15-16-17-18-22-30(35)24-25-32(37)34-27-20-23-31(36)29-21-19-26-33-28-29/h3-4,6-7,9-10,12-13,15-16,19,21,26,28H,2,5,8,11,14,17-18,20,22-25,27H2,1H3,(H,34,37)/b4-3-,7-6-,10-9-,13-12-,16-15-. The van der Waals surface area contributed by atoms with E-state index < -0.39 is 0 Å². The zero-order chi connectivity index (χ0) is 26.8. The number of amides is 1. The number of hydrogen-bond donors (Lipinski definition) is 1. The minimum absolute atomic E-state index is 0.0186. The average Bonchev–Trinajstić information content (AvgIpc) is 2.92. The average molecular weight is 505 g/mol. The Hall–Kier alpha value is -3.34. The molecule has 0 atom stereocenters. The van der Waals surface area contributed by atoms with Gasteiger partial charge in [-0.05, 0) is 63.5 Å². The van der Waals surface area contributed by atoms with Crippen LogP contribution >= 0.6 is 0 Å². The highest BCUT2D eigenvalue weighted by molar-refractivity contribution is 5.95. The molecular weight excluding hydrogens is 460 g/mol. The second-order valence-electron chi connectivity index (χ2n) is 8.76. The number of unbranched alkanes of at least 4 members (excludes halogenated alkanes) is 1. The van der Waals surface area contributed by atoms with Crippen molar-refractivity contribution in [3.63, 3.8) is 0 Å². The van der Waals surface area contributed by atoms with Crippen LogP contribution in [0.25, 0.3) is 0 Å². The van der Waals surface area contributed by atoms with Crippen molar-refractivity contribution in [3.05, 3.63) is 90.9 Å². The number of nitrogens with zero attached hydrogens (tertiary/aromatic N) is 1. The summed E-state index contributed by atoms with van der Waals surface area (Å²) < 4.78 is 0. The molecular formula is C32H44N2O3. The van der Waals surface area contributed by atoms with Crippen molar-refractivity contribution < 1.29 is 14.4 Å². The highest BCUT2D eigenvalue weighted by atomic mass is 16.2. The summed E-state index contributed by atoms with van der Waals surface area (Å²) in [5.74, 6) is -0.000649. The number of Topliss-reactive ketones (excluding diaryl/α,β-unsaturated/α-hetero) is 2. The molecule has 200 valence electrons. The number of hydrogen-bond acceptors (Lipinski definition) is 4. The maximum Gasteiger partial charge on any atom is 0.220 e.